The van der Waals surface area contributed by atoms with Crippen LogP contribution in [0.5, 0.6) is 0 Å². The molecule has 0 aliphatic rings. The largest absolute Gasteiger partial charge is 0.380 e. The molecule has 2 heterocycles. The maximum atomic E-state index is 8.82. The maximum Gasteiger partial charge on any atom is 0.181 e. The molecule has 0 amide bonds. The van der Waals surface area contributed by atoms with Crippen LogP contribution in [0.4, 0.5) is 5.69 Å². The van der Waals surface area contributed by atoms with Gasteiger partial charge in [-0.15, -0.1) is 16.4 Å². The number of aromatic nitrogens is 4. The summed E-state index contributed by atoms with van der Waals surface area (Å²) in [5.41, 5.74) is 2.65. The molecule has 1 aromatic carbocycles. The fourth-order valence-corrected chi connectivity index (χ4v) is 2.71. The van der Waals surface area contributed by atoms with Crippen molar-refractivity contribution in [2.45, 2.75) is 6.54 Å². The highest BCUT2D eigenvalue weighted by Gasteiger charge is 2.06. The molecular weight excluding hydrogens is 284 g/mol. The van der Waals surface area contributed by atoms with Gasteiger partial charge in [0.15, 0.2) is 5.82 Å². The fraction of sp³-hybridized carbons (Fsp3) is 0.143. The molecule has 0 unspecified atom stereocenters. The van der Waals surface area contributed by atoms with Crippen molar-refractivity contribution in [2.75, 3.05) is 5.32 Å². The van der Waals surface area contributed by atoms with E-state index in [-0.39, 0.29) is 0 Å². The average Bonchev–Trinajstić information content (AvgIpc) is 3.14. The lowest BCUT2D eigenvalue weighted by atomic mass is 10.2. The summed E-state index contributed by atoms with van der Waals surface area (Å²) in [6.07, 6.45) is 0. The Hall–Kier alpha value is -2.72. The lowest BCUT2D eigenvalue weighted by molar-refractivity contribution is 0.714. The number of rotatable bonds is 4. The van der Waals surface area contributed by atoms with E-state index in [0.29, 0.717) is 12.1 Å². The van der Waals surface area contributed by atoms with Crippen molar-refractivity contribution in [3.05, 3.63) is 46.2 Å². The summed E-state index contributed by atoms with van der Waals surface area (Å²) >= 11 is 1.58. The molecule has 3 rings (SSSR count). The van der Waals surface area contributed by atoms with Gasteiger partial charge < -0.3 is 5.32 Å². The molecule has 1 N–H and O–H groups in total. The van der Waals surface area contributed by atoms with Crippen LogP contribution < -0.4 is 5.32 Å². The third-order valence-electron chi connectivity index (χ3n) is 2.99. The van der Waals surface area contributed by atoms with Gasteiger partial charge in [0.25, 0.3) is 0 Å². The van der Waals surface area contributed by atoms with Crippen LogP contribution in [0.1, 0.15) is 10.4 Å². The minimum Gasteiger partial charge on any atom is -0.380 e. The van der Waals surface area contributed by atoms with Gasteiger partial charge in [-0.3, -0.25) is 0 Å². The van der Waals surface area contributed by atoms with Crippen molar-refractivity contribution in [3.63, 3.8) is 0 Å². The van der Waals surface area contributed by atoms with E-state index in [2.05, 4.69) is 26.9 Å². The number of hydrogen-bond donors (Lipinski definition) is 1. The van der Waals surface area contributed by atoms with Crippen molar-refractivity contribution in [2.24, 2.45) is 7.05 Å². The molecule has 0 saturated heterocycles. The zero-order valence-electron chi connectivity index (χ0n) is 11.3. The van der Waals surface area contributed by atoms with Crippen molar-refractivity contribution in [3.8, 4) is 17.5 Å². The van der Waals surface area contributed by atoms with Crippen LogP contribution in [0, 0.1) is 11.3 Å². The molecule has 21 heavy (non-hydrogen) atoms. The molecule has 104 valence electrons. The topological polar surface area (TPSA) is 79.4 Å². The summed E-state index contributed by atoms with van der Waals surface area (Å²) in [5.74, 6) is 0.724. The molecule has 2 aromatic heterocycles. The van der Waals surface area contributed by atoms with E-state index in [0.717, 1.165) is 22.0 Å². The first kappa shape index (κ1) is 13.3. The van der Waals surface area contributed by atoms with Gasteiger partial charge in [-0.1, -0.05) is 12.1 Å². The monoisotopic (exact) mass is 296 g/mol. The molecule has 0 atom stereocenters. The van der Waals surface area contributed by atoms with Crippen molar-refractivity contribution in [1.29, 1.82) is 5.26 Å². The summed E-state index contributed by atoms with van der Waals surface area (Å²) in [6, 6.07) is 12.0. The highest BCUT2D eigenvalue weighted by Crippen LogP contribution is 2.21. The lowest BCUT2D eigenvalue weighted by Crippen LogP contribution is -1.99. The first-order chi connectivity index (χ1) is 10.3. The van der Waals surface area contributed by atoms with Gasteiger partial charge in [-0.25, -0.2) is 4.68 Å². The molecule has 7 heteroatoms. The van der Waals surface area contributed by atoms with Gasteiger partial charge in [0.05, 0.1) is 5.56 Å². The molecule has 0 fully saturated rings. The van der Waals surface area contributed by atoms with Gasteiger partial charge in [0, 0.05) is 35.1 Å². The highest BCUT2D eigenvalue weighted by molar-refractivity contribution is 7.10. The third-order valence-corrected chi connectivity index (χ3v) is 3.93. The zero-order valence-corrected chi connectivity index (χ0v) is 12.1. The number of nitriles is 1. The molecular formula is C14H12N6S. The van der Waals surface area contributed by atoms with E-state index in [1.807, 2.05) is 42.8 Å². The zero-order chi connectivity index (χ0) is 14.7. The Morgan fingerprint density at radius 2 is 2.29 bits per heavy atom. The van der Waals surface area contributed by atoms with Crippen LogP contribution in [-0.4, -0.2) is 20.2 Å². The summed E-state index contributed by atoms with van der Waals surface area (Å²) < 4.78 is 1.64. The van der Waals surface area contributed by atoms with E-state index in [1.165, 1.54) is 0 Å². The van der Waals surface area contributed by atoms with Crippen molar-refractivity contribution in [1.82, 2.24) is 20.2 Å². The SMILES string of the molecule is Cn1nnnc1-c1cccc(NCc2cc(C#N)cs2)c1. The number of benzene rings is 1. The molecule has 0 aliphatic heterocycles. The number of nitrogens with one attached hydrogen (secondary N) is 1. The molecule has 0 aliphatic carbocycles. The Kier molecular flexibility index (Phi) is 3.62. The number of tetrazole rings is 1. The lowest BCUT2D eigenvalue weighted by Gasteiger charge is -2.06. The number of anilines is 1. The van der Waals surface area contributed by atoms with Gasteiger partial charge in [0.2, 0.25) is 0 Å². The summed E-state index contributed by atoms with van der Waals surface area (Å²) in [4.78, 5) is 1.12. The van der Waals surface area contributed by atoms with E-state index in [1.54, 1.807) is 16.0 Å². The molecule has 0 radical (unpaired) electrons. The van der Waals surface area contributed by atoms with Crippen LogP contribution in [0.3, 0.4) is 0 Å². The average molecular weight is 296 g/mol. The second-order valence-electron chi connectivity index (χ2n) is 4.47. The smallest absolute Gasteiger partial charge is 0.181 e. The van der Waals surface area contributed by atoms with Crippen LogP contribution in [0.2, 0.25) is 0 Å². The predicted molar refractivity (Wildman–Crippen MR) is 80.6 cm³/mol. The van der Waals surface area contributed by atoms with Crippen LogP contribution in [0.15, 0.2) is 35.7 Å². The summed E-state index contributed by atoms with van der Waals surface area (Å²) in [6.45, 7) is 0.687. The highest BCUT2D eigenvalue weighted by atomic mass is 32.1. The van der Waals surface area contributed by atoms with Crippen LogP contribution in [-0.2, 0) is 13.6 Å². The third kappa shape index (κ3) is 2.90. The minimum atomic E-state index is 0.687. The Morgan fingerprint density at radius 3 is 3.00 bits per heavy atom. The van der Waals surface area contributed by atoms with Gasteiger partial charge in [-0.05, 0) is 28.6 Å². The number of thiophene rings is 1. The van der Waals surface area contributed by atoms with Crippen LogP contribution in [0.25, 0.3) is 11.4 Å². The fourth-order valence-electron chi connectivity index (χ4n) is 1.96. The summed E-state index contributed by atoms with van der Waals surface area (Å²) in [7, 11) is 1.81. The molecule has 0 bridgehead atoms. The van der Waals surface area contributed by atoms with Gasteiger partial charge >= 0.3 is 0 Å². The van der Waals surface area contributed by atoms with Crippen LogP contribution >= 0.6 is 11.3 Å². The first-order valence-electron chi connectivity index (χ1n) is 6.30. The quantitative estimate of drug-likeness (QED) is 0.800. The van der Waals surface area contributed by atoms with E-state index >= 15 is 0 Å². The summed E-state index contributed by atoms with van der Waals surface area (Å²) in [5, 5.41) is 25.5. The van der Waals surface area contributed by atoms with E-state index in [9.17, 15) is 0 Å². The van der Waals surface area contributed by atoms with Crippen molar-refractivity contribution >= 4 is 17.0 Å². The number of hydrogen-bond acceptors (Lipinski definition) is 6. The van der Waals surface area contributed by atoms with E-state index < -0.39 is 0 Å². The molecule has 6 nitrogen and oxygen atoms in total. The Morgan fingerprint density at radius 1 is 1.38 bits per heavy atom. The minimum absolute atomic E-state index is 0.687. The van der Waals surface area contributed by atoms with Crippen molar-refractivity contribution < 1.29 is 0 Å². The molecule has 0 spiro atoms. The normalized spacial score (nSPS) is 10.3. The second kappa shape index (κ2) is 5.73. The van der Waals surface area contributed by atoms with E-state index in [4.69, 9.17) is 5.26 Å². The Balaban J connectivity index is 1.75. The number of nitrogens with zero attached hydrogens (tertiary/aromatic N) is 5. The Labute approximate surface area is 125 Å². The first-order valence-corrected chi connectivity index (χ1v) is 7.18. The standard InChI is InChI=1S/C14H12N6S/c1-20-14(17-18-19-20)11-3-2-4-12(6-11)16-8-13-5-10(7-15)9-21-13/h2-6,9,16H,8H2,1H3. The number of aryl methyl sites for hydroxylation is 1. The van der Waals surface area contributed by atoms with Gasteiger partial charge in [0.1, 0.15) is 6.07 Å². The maximum absolute atomic E-state index is 8.82. The molecule has 3 aromatic rings. The predicted octanol–water partition coefficient (Wildman–Crippen LogP) is 2.42. The van der Waals surface area contributed by atoms with Gasteiger partial charge in [-0.2, -0.15) is 5.26 Å². The Bertz CT molecular complexity index is 798. The second-order valence-corrected chi connectivity index (χ2v) is 5.47. The molecule has 0 saturated carbocycles.